The summed E-state index contributed by atoms with van der Waals surface area (Å²) in [5.74, 6) is 0.0347. The number of aromatic amines is 1. The Morgan fingerprint density at radius 1 is 1.23 bits per heavy atom. The van der Waals surface area contributed by atoms with E-state index in [1.165, 1.54) is 11.6 Å². The predicted molar refractivity (Wildman–Crippen MR) is 115 cm³/mol. The van der Waals surface area contributed by atoms with E-state index in [2.05, 4.69) is 34.0 Å². The molecule has 3 rings (SSSR count). The smallest absolute Gasteiger partial charge is 0.329 e. The lowest BCUT2D eigenvalue weighted by molar-refractivity contribution is 0.00673. The lowest BCUT2D eigenvalue weighted by Crippen LogP contribution is -2.51. The minimum atomic E-state index is -0.602. The van der Waals surface area contributed by atoms with E-state index in [9.17, 15) is 14.4 Å². The first-order valence-electron chi connectivity index (χ1n) is 10.4. The topological polar surface area (TPSA) is 109 Å². The van der Waals surface area contributed by atoms with Gasteiger partial charge in [0.05, 0.1) is 24.2 Å². The van der Waals surface area contributed by atoms with Crippen LogP contribution < -0.4 is 16.6 Å². The number of rotatable bonds is 6. The molecule has 0 aromatic carbocycles. The van der Waals surface area contributed by atoms with Gasteiger partial charge in [-0.3, -0.25) is 24.0 Å². The first-order valence-corrected chi connectivity index (χ1v) is 10.4. The first-order chi connectivity index (χ1) is 14.2. The van der Waals surface area contributed by atoms with Crippen LogP contribution in [0.15, 0.2) is 15.7 Å². The van der Waals surface area contributed by atoms with Crippen molar-refractivity contribution >= 4 is 16.9 Å². The number of pyridine rings is 1. The number of carbonyl (C=O) groups excluding carboxylic acids is 1. The maximum Gasteiger partial charge on any atom is 0.329 e. The molecule has 2 N–H and O–H groups in total. The number of morpholine rings is 1. The van der Waals surface area contributed by atoms with Crippen LogP contribution in [-0.2, 0) is 11.8 Å². The van der Waals surface area contributed by atoms with Gasteiger partial charge in [-0.05, 0) is 17.9 Å². The zero-order valence-corrected chi connectivity index (χ0v) is 18.3. The van der Waals surface area contributed by atoms with Crippen LogP contribution in [0.4, 0.5) is 0 Å². The van der Waals surface area contributed by atoms with E-state index in [-0.39, 0.29) is 34.5 Å². The van der Waals surface area contributed by atoms with E-state index in [1.807, 2.05) is 13.8 Å². The van der Waals surface area contributed by atoms with Gasteiger partial charge in [-0.2, -0.15) is 0 Å². The molecule has 164 valence electrons. The first kappa shape index (κ1) is 22.2. The molecule has 1 unspecified atom stereocenters. The number of nitrogens with zero attached hydrogens (tertiary/aromatic N) is 3. The summed E-state index contributed by atoms with van der Waals surface area (Å²) in [6, 6.07) is 1.82. The van der Waals surface area contributed by atoms with Gasteiger partial charge >= 0.3 is 5.69 Å². The summed E-state index contributed by atoms with van der Waals surface area (Å²) in [5, 5.41) is 3.14. The summed E-state index contributed by atoms with van der Waals surface area (Å²) in [4.78, 5) is 46.8. The Kier molecular flexibility index (Phi) is 6.72. The van der Waals surface area contributed by atoms with Gasteiger partial charge in [-0.15, -0.1) is 0 Å². The largest absolute Gasteiger partial charge is 0.379 e. The normalized spacial score (nSPS) is 16.4. The van der Waals surface area contributed by atoms with Crippen molar-refractivity contribution in [1.82, 2.24) is 24.8 Å². The molecule has 1 fully saturated rings. The minimum Gasteiger partial charge on any atom is -0.379 e. The van der Waals surface area contributed by atoms with Crippen LogP contribution in [0, 0.1) is 5.92 Å². The number of nitrogens with one attached hydrogen (secondary N) is 2. The zero-order chi connectivity index (χ0) is 22.0. The number of carbonyl (C=O) groups is 1. The Balaban J connectivity index is 1.96. The van der Waals surface area contributed by atoms with Crippen molar-refractivity contribution < 1.29 is 9.53 Å². The van der Waals surface area contributed by atoms with Gasteiger partial charge in [0.2, 0.25) is 0 Å². The van der Waals surface area contributed by atoms with Crippen LogP contribution in [0.1, 0.15) is 49.7 Å². The van der Waals surface area contributed by atoms with Crippen molar-refractivity contribution in [1.29, 1.82) is 0 Å². The highest BCUT2D eigenvalue weighted by Gasteiger charge is 2.25. The molecule has 9 nitrogen and oxygen atoms in total. The van der Waals surface area contributed by atoms with Crippen LogP contribution >= 0.6 is 0 Å². The number of ether oxygens (including phenoxy) is 1. The second-order valence-corrected chi connectivity index (χ2v) is 8.44. The summed E-state index contributed by atoms with van der Waals surface area (Å²) < 4.78 is 6.71. The molecule has 1 aliphatic heterocycles. The molecular weight excluding hydrogens is 386 g/mol. The summed E-state index contributed by atoms with van der Waals surface area (Å²) >= 11 is 0. The Labute approximate surface area is 175 Å². The summed E-state index contributed by atoms with van der Waals surface area (Å²) in [6.07, 6.45) is 0. The number of hydrogen-bond donors (Lipinski definition) is 2. The van der Waals surface area contributed by atoms with E-state index in [0.29, 0.717) is 31.4 Å². The van der Waals surface area contributed by atoms with Crippen molar-refractivity contribution in [2.45, 2.75) is 39.7 Å². The average Bonchev–Trinajstić information content (AvgIpc) is 2.71. The van der Waals surface area contributed by atoms with Crippen molar-refractivity contribution in [2.75, 3.05) is 32.8 Å². The highest BCUT2D eigenvalue weighted by Crippen LogP contribution is 2.20. The molecule has 0 aliphatic carbocycles. The molecule has 1 aliphatic rings. The summed E-state index contributed by atoms with van der Waals surface area (Å²) in [5.41, 5.74) is -0.0466. The zero-order valence-electron chi connectivity index (χ0n) is 18.3. The third-order valence-corrected chi connectivity index (χ3v) is 5.68. The summed E-state index contributed by atoms with van der Waals surface area (Å²) in [6.45, 7) is 11.7. The second-order valence-electron chi connectivity index (χ2n) is 8.44. The molecule has 3 heterocycles. The highest BCUT2D eigenvalue weighted by atomic mass is 16.5. The Hall–Kier alpha value is -2.52. The lowest BCUT2D eigenvalue weighted by Gasteiger charge is -2.36. The molecule has 1 saturated heterocycles. The number of H-pyrrole nitrogens is 1. The van der Waals surface area contributed by atoms with Crippen LogP contribution in [-0.4, -0.2) is 64.2 Å². The highest BCUT2D eigenvalue weighted by molar-refractivity contribution is 6.05. The number of aryl methyl sites for hydroxylation is 1. The van der Waals surface area contributed by atoms with Gasteiger partial charge in [0.1, 0.15) is 5.65 Å². The number of amides is 1. The Morgan fingerprint density at radius 2 is 1.90 bits per heavy atom. The van der Waals surface area contributed by atoms with Gasteiger partial charge in [-0.1, -0.05) is 27.7 Å². The quantitative estimate of drug-likeness (QED) is 0.721. The van der Waals surface area contributed by atoms with Gasteiger partial charge < -0.3 is 10.1 Å². The molecule has 30 heavy (non-hydrogen) atoms. The average molecular weight is 418 g/mol. The van der Waals surface area contributed by atoms with E-state index < -0.39 is 11.2 Å². The third-order valence-electron chi connectivity index (χ3n) is 5.68. The lowest BCUT2D eigenvalue weighted by atomic mass is 10.0. The molecular formula is C21H31N5O4. The Morgan fingerprint density at radius 3 is 2.50 bits per heavy atom. The predicted octanol–water partition coefficient (Wildman–Crippen LogP) is 0.832. The van der Waals surface area contributed by atoms with Crippen LogP contribution in [0.2, 0.25) is 0 Å². The minimum absolute atomic E-state index is 0.0344. The van der Waals surface area contributed by atoms with Crippen molar-refractivity contribution in [3.05, 3.63) is 38.2 Å². The van der Waals surface area contributed by atoms with E-state index in [4.69, 9.17) is 4.74 Å². The monoisotopic (exact) mass is 417 g/mol. The van der Waals surface area contributed by atoms with Crippen molar-refractivity contribution in [3.8, 4) is 0 Å². The standard InChI is InChI=1S/C21H31N5O4/c1-12(2)15-10-14(17-18(23-15)25(5)21(29)24-20(17)28)19(27)22-11-16(13(3)4)26-6-8-30-9-7-26/h10,12-13,16H,6-9,11H2,1-5H3,(H,22,27)(H,24,28,29). The van der Waals surface area contributed by atoms with Crippen molar-refractivity contribution in [3.63, 3.8) is 0 Å². The number of hydrogen-bond acceptors (Lipinski definition) is 6. The molecule has 1 atom stereocenters. The maximum atomic E-state index is 13.2. The van der Waals surface area contributed by atoms with Crippen LogP contribution in [0.5, 0.6) is 0 Å². The van der Waals surface area contributed by atoms with E-state index >= 15 is 0 Å². The van der Waals surface area contributed by atoms with Gasteiger partial charge in [0, 0.05) is 38.4 Å². The Bertz CT molecular complexity index is 1030. The van der Waals surface area contributed by atoms with Crippen LogP contribution in [0.3, 0.4) is 0 Å². The SMILES string of the molecule is CC(C)c1cc(C(=O)NCC(C(C)C)N2CCOCC2)c2c(=O)[nH]c(=O)n(C)c2n1. The van der Waals surface area contributed by atoms with Gasteiger partial charge in [0.15, 0.2) is 0 Å². The van der Waals surface area contributed by atoms with Crippen molar-refractivity contribution in [2.24, 2.45) is 13.0 Å². The molecule has 2 aromatic rings. The molecule has 0 spiro atoms. The molecule has 0 saturated carbocycles. The molecule has 2 aromatic heterocycles. The maximum absolute atomic E-state index is 13.2. The van der Waals surface area contributed by atoms with Crippen LogP contribution in [0.25, 0.3) is 11.0 Å². The molecule has 0 radical (unpaired) electrons. The molecule has 9 heteroatoms. The molecule has 0 bridgehead atoms. The number of fused-ring (bicyclic) bond motifs is 1. The van der Waals surface area contributed by atoms with E-state index in [1.54, 1.807) is 6.07 Å². The molecule has 1 amide bonds. The number of aromatic nitrogens is 3. The third kappa shape index (κ3) is 4.46. The second kappa shape index (κ2) is 9.09. The van der Waals surface area contributed by atoms with Gasteiger partial charge in [-0.25, -0.2) is 9.78 Å². The fraction of sp³-hybridized carbons (Fsp3) is 0.619. The fourth-order valence-corrected chi connectivity index (χ4v) is 3.82. The fourth-order valence-electron chi connectivity index (χ4n) is 3.82. The van der Waals surface area contributed by atoms with Gasteiger partial charge in [0.25, 0.3) is 11.5 Å². The summed E-state index contributed by atoms with van der Waals surface area (Å²) in [7, 11) is 1.53. The van der Waals surface area contributed by atoms with E-state index in [0.717, 1.165) is 13.1 Å².